The molecule has 3 aromatic carbocycles. The third-order valence-electron chi connectivity index (χ3n) is 6.71. The highest BCUT2D eigenvalue weighted by atomic mass is 19.3. The Hall–Kier alpha value is -4.47. The van der Waals surface area contributed by atoms with Crippen molar-refractivity contribution in [3.63, 3.8) is 0 Å². The Morgan fingerprint density at radius 2 is 1.69 bits per heavy atom. The molecule has 1 N–H and O–H groups in total. The minimum atomic E-state index is -2.73. The highest BCUT2D eigenvalue weighted by Crippen LogP contribution is 2.37. The molecule has 0 spiro atoms. The number of furan rings is 1. The molecule has 0 saturated carbocycles. The smallest absolute Gasteiger partial charge is 0.408 e. The molecule has 1 aromatic heterocycles. The standard InChI is InChI=1S/C32H31F3N2O5/c1-31(2,3)42-30(39)36-19-26-16-23-15-22(17-27(28(23)41-26)40-25-6-4-5-24(33)18-25)20-7-9-21(10-8-20)29(38)37-13-11-32(34,35)12-14-37/h4-10,15-18H,11-14,19H2,1-3H3,(H,36,39). The first-order valence-corrected chi connectivity index (χ1v) is 13.6. The molecule has 220 valence electrons. The van der Waals surface area contributed by atoms with E-state index in [1.807, 2.05) is 6.07 Å². The van der Waals surface area contributed by atoms with Crippen LogP contribution in [-0.4, -0.2) is 41.5 Å². The van der Waals surface area contributed by atoms with Crippen LogP contribution >= 0.6 is 0 Å². The highest BCUT2D eigenvalue weighted by Gasteiger charge is 2.35. The molecule has 0 atom stereocenters. The van der Waals surface area contributed by atoms with Gasteiger partial charge in [0.1, 0.15) is 22.9 Å². The van der Waals surface area contributed by atoms with Gasteiger partial charge in [-0.25, -0.2) is 18.0 Å². The maximum absolute atomic E-state index is 13.9. The van der Waals surface area contributed by atoms with Crippen LogP contribution in [0.3, 0.4) is 0 Å². The number of amides is 2. The summed E-state index contributed by atoms with van der Waals surface area (Å²) in [5.74, 6) is -2.44. The van der Waals surface area contributed by atoms with E-state index < -0.39 is 23.4 Å². The second kappa shape index (κ2) is 11.4. The van der Waals surface area contributed by atoms with Crippen molar-refractivity contribution in [3.05, 3.63) is 83.9 Å². The molecule has 5 rings (SSSR count). The Morgan fingerprint density at radius 1 is 0.976 bits per heavy atom. The van der Waals surface area contributed by atoms with Crippen molar-refractivity contribution < 1.29 is 36.7 Å². The number of alkyl halides is 2. The van der Waals surface area contributed by atoms with Gasteiger partial charge in [0, 0.05) is 42.9 Å². The lowest BCUT2D eigenvalue weighted by Crippen LogP contribution is -2.42. The van der Waals surface area contributed by atoms with Gasteiger partial charge < -0.3 is 24.1 Å². The van der Waals surface area contributed by atoms with E-state index in [0.717, 1.165) is 11.1 Å². The van der Waals surface area contributed by atoms with Crippen molar-refractivity contribution in [2.24, 2.45) is 0 Å². The molecule has 0 aliphatic carbocycles. The summed E-state index contributed by atoms with van der Waals surface area (Å²) in [6.07, 6.45) is -1.27. The van der Waals surface area contributed by atoms with Crippen molar-refractivity contribution in [2.45, 2.75) is 51.7 Å². The van der Waals surface area contributed by atoms with Crippen LogP contribution in [0.1, 0.15) is 49.7 Å². The van der Waals surface area contributed by atoms with Crippen LogP contribution in [0, 0.1) is 5.82 Å². The molecule has 1 fully saturated rings. The predicted molar refractivity (Wildman–Crippen MR) is 151 cm³/mol. The number of hydrogen-bond acceptors (Lipinski definition) is 5. The SMILES string of the molecule is CC(C)(C)OC(=O)NCc1cc2cc(-c3ccc(C(=O)N4CCC(F)(F)CC4)cc3)cc(Oc3cccc(F)c3)c2o1. The predicted octanol–water partition coefficient (Wildman–Crippen LogP) is 7.93. The summed E-state index contributed by atoms with van der Waals surface area (Å²) in [7, 11) is 0. The molecular formula is C32H31F3N2O5. The number of hydrogen-bond donors (Lipinski definition) is 1. The molecule has 0 unspecified atom stereocenters. The second-order valence-electron chi connectivity index (χ2n) is 11.2. The number of nitrogens with one attached hydrogen (secondary N) is 1. The van der Waals surface area contributed by atoms with Crippen LogP contribution in [0.2, 0.25) is 0 Å². The van der Waals surface area contributed by atoms with Crippen LogP contribution in [0.15, 0.2) is 71.1 Å². The lowest BCUT2D eigenvalue weighted by atomic mass is 10.0. The quantitative estimate of drug-likeness (QED) is 0.251. The minimum Gasteiger partial charge on any atom is -0.455 e. The third kappa shape index (κ3) is 7.05. The molecule has 10 heteroatoms. The topological polar surface area (TPSA) is 81.0 Å². The first kappa shape index (κ1) is 29.0. The van der Waals surface area contributed by atoms with Gasteiger partial charge in [0.2, 0.25) is 0 Å². The van der Waals surface area contributed by atoms with E-state index in [9.17, 15) is 22.8 Å². The van der Waals surface area contributed by atoms with Gasteiger partial charge >= 0.3 is 6.09 Å². The molecule has 2 heterocycles. The number of alkyl carbamates (subject to hydrolysis) is 1. The third-order valence-corrected chi connectivity index (χ3v) is 6.71. The molecule has 4 aromatic rings. The van der Waals surface area contributed by atoms with Crippen molar-refractivity contribution in [3.8, 4) is 22.6 Å². The van der Waals surface area contributed by atoms with E-state index in [1.165, 1.54) is 23.1 Å². The van der Waals surface area contributed by atoms with Crippen molar-refractivity contribution in [1.29, 1.82) is 0 Å². The molecule has 7 nitrogen and oxygen atoms in total. The van der Waals surface area contributed by atoms with E-state index in [0.29, 0.717) is 28.0 Å². The van der Waals surface area contributed by atoms with Gasteiger partial charge in [0.15, 0.2) is 11.3 Å². The largest absolute Gasteiger partial charge is 0.455 e. The van der Waals surface area contributed by atoms with Crippen molar-refractivity contribution in [1.82, 2.24) is 10.2 Å². The lowest BCUT2D eigenvalue weighted by molar-refractivity contribution is -0.0494. The Bertz CT molecular complexity index is 1600. The summed E-state index contributed by atoms with van der Waals surface area (Å²) in [5, 5.41) is 3.34. The van der Waals surface area contributed by atoms with Gasteiger partial charge in [-0.2, -0.15) is 0 Å². The number of halogens is 3. The van der Waals surface area contributed by atoms with Gasteiger partial charge in [-0.1, -0.05) is 18.2 Å². The number of benzene rings is 3. The summed E-state index contributed by atoms with van der Waals surface area (Å²) in [5.41, 5.74) is 1.65. The van der Waals surface area contributed by atoms with Crippen molar-refractivity contribution in [2.75, 3.05) is 13.1 Å². The van der Waals surface area contributed by atoms with Gasteiger partial charge in [0.05, 0.1) is 6.54 Å². The fraction of sp³-hybridized carbons (Fsp3) is 0.312. The minimum absolute atomic E-state index is 0.0106. The number of carbonyl (C=O) groups excluding carboxylic acids is 2. The van der Waals surface area contributed by atoms with Crippen LogP contribution in [-0.2, 0) is 11.3 Å². The van der Waals surface area contributed by atoms with E-state index in [2.05, 4.69) is 5.32 Å². The molecule has 2 amide bonds. The Kier molecular flexibility index (Phi) is 7.90. The normalized spacial score (nSPS) is 15.0. The first-order valence-electron chi connectivity index (χ1n) is 13.6. The van der Waals surface area contributed by atoms with E-state index in [-0.39, 0.29) is 44.1 Å². The number of fused-ring (bicyclic) bond motifs is 1. The summed E-state index contributed by atoms with van der Waals surface area (Å²) < 4.78 is 58.3. The zero-order valence-corrected chi connectivity index (χ0v) is 23.5. The number of likely N-dealkylation sites (tertiary alicyclic amines) is 1. The van der Waals surface area contributed by atoms with Crippen LogP contribution in [0.5, 0.6) is 11.5 Å². The van der Waals surface area contributed by atoms with Gasteiger partial charge in [0.25, 0.3) is 11.8 Å². The zero-order valence-electron chi connectivity index (χ0n) is 23.5. The summed E-state index contributed by atoms with van der Waals surface area (Å²) in [6.45, 7) is 5.39. The molecule has 0 radical (unpaired) electrons. The number of nitrogens with zero attached hydrogens (tertiary/aromatic N) is 1. The highest BCUT2D eigenvalue weighted by molar-refractivity contribution is 5.95. The Labute approximate surface area is 241 Å². The number of ether oxygens (including phenoxy) is 2. The molecule has 1 aliphatic heterocycles. The van der Waals surface area contributed by atoms with Gasteiger partial charge in [-0.15, -0.1) is 0 Å². The Balaban J connectivity index is 1.42. The summed E-state index contributed by atoms with van der Waals surface area (Å²) in [4.78, 5) is 26.5. The number of rotatable bonds is 6. The fourth-order valence-corrected chi connectivity index (χ4v) is 4.66. The zero-order chi connectivity index (χ0) is 30.1. The van der Waals surface area contributed by atoms with Crippen LogP contribution < -0.4 is 10.1 Å². The van der Waals surface area contributed by atoms with E-state index in [4.69, 9.17) is 13.9 Å². The number of piperidine rings is 1. The molecular weight excluding hydrogens is 549 g/mol. The fourth-order valence-electron chi connectivity index (χ4n) is 4.66. The molecule has 1 saturated heterocycles. The maximum Gasteiger partial charge on any atom is 0.408 e. The van der Waals surface area contributed by atoms with Gasteiger partial charge in [-0.3, -0.25) is 4.79 Å². The average Bonchev–Trinajstić information content (AvgIpc) is 3.34. The molecule has 42 heavy (non-hydrogen) atoms. The summed E-state index contributed by atoms with van der Waals surface area (Å²) in [6, 6.07) is 17.9. The second-order valence-corrected chi connectivity index (χ2v) is 11.2. The monoisotopic (exact) mass is 580 g/mol. The summed E-state index contributed by atoms with van der Waals surface area (Å²) >= 11 is 0. The first-order chi connectivity index (χ1) is 19.8. The van der Waals surface area contributed by atoms with Crippen LogP contribution in [0.25, 0.3) is 22.1 Å². The van der Waals surface area contributed by atoms with Gasteiger partial charge in [-0.05, 0) is 74.4 Å². The lowest BCUT2D eigenvalue weighted by Gasteiger charge is -2.31. The van der Waals surface area contributed by atoms with E-state index >= 15 is 0 Å². The Morgan fingerprint density at radius 3 is 2.36 bits per heavy atom. The number of carbonyl (C=O) groups is 2. The molecule has 0 bridgehead atoms. The van der Waals surface area contributed by atoms with Crippen molar-refractivity contribution >= 4 is 23.0 Å². The average molecular weight is 581 g/mol. The van der Waals surface area contributed by atoms with Crippen LogP contribution in [0.4, 0.5) is 18.0 Å². The maximum atomic E-state index is 13.9. The molecule has 1 aliphatic rings. The van der Waals surface area contributed by atoms with E-state index in [1.54, 1.807) is 63.2 Å².